The number of hydrogen-bond donors (Lipinski definition) is 2. The molecule has 0 aliphatic heterocycles. The van der Waals surface area contributed by atoms with Crippen LogP contribution in [0.25, 0.3) is 11.1 Å². The highest BCUT2D eigenvalue weighted by atomic mass is 16.5. The van der Waals surface area contributed by atoms with Gasteiger partial charge >= 0.3 is 12.1 Å². The molecule has 0 spiro atoms. The number of nitrogens with one attached hydrogen (secondary N) is 1. The zero-order valence-corrected chi connectivity index (χ0v) is 14.8. The molecule has 2 N–H and O–H groups in total. The van der Waals surface area contributed by atoms with Crippen molar-refractivity contribution in [2.75, 3.05) is 6.61 Å². The molecule has 4 atom stereocenters. The first kappa shape index (κ1) is 16.4. The Bertz CT molecular complexity index is 879. The Morgan fingerprint density at radius 1 is 0.963 bits per heavy atom. The minimum Gasteiger partial charge on any atom is -0.481 e. The Hall–Kier alpha value is -2.82. The van der Waals surface area contributed by atoms with Crippen LogP contribution in [0.5, 0.6) is 0 Å². The van der Waals surface area contributed by atoms with Crippen LogP contribution in [0.3, 0.4) is 0 Å². The number of benzene rings is 2. The quantitative estimate of drug-likeness (QED) is 0.850. The van der Waals surface area contributed by atoms with Gasteiger partial charge in [0.15, 0.2) is 0 Å². The highest BCUT2D eigenvalue weighted by molar-refractivity contribution is 5.79. The van der Waals surface area contributed by atoms with Crippen molar-refractivity contribution in [1.29, 1.82) is 0 Å². The molecular formula is C22H21NO4. The zero-order valence-electron chi connectivity index (χ0n) is 14.8. The molecule has 5 nitrogen and oxygen atoms in total. The summed E-state index contributed by atoms with van der Waals surface area (Å²) in [5.74, 6) is -0.359. The van der Waals surface area contributed by atoms with E-state index < -0.39 is 12.1 Å². The second-order valence-electron chi connectivity index (χ2n) is 7.82. The summed E-state index contributed by atoms with van der Waals surface area (Å²) >= 11 is 0. The Labute approximate surface area is 157 Å². The molecule has 3 aliphatic rings. The number of carboxylic acids is 1. The third-order valence-electron chi connectivity index (χ3n) is 6.19. The molecule has 1 amide bonds. The molecule has 3 aliphatic carbocycles. The van der Waals surface area contributed by atoms with E-state index >= 15 is 0 Å². The predicted molar refractivity (Wildman–Crippen MR) is 99.3 cm³/mol. The van der Waals surface area contributed by atoms with Crippen molar-refractivity contribution in [1.82, 2.24) is 5.32 Å². The average molecular weight is 363 g/mol. The first-order valence-corrected chi connectivity index (χ1v) is 9.48. The summed E-state index contributed by atoms with van der Waals surface area (Å²) in [6.07, 6.45) is 1.19. The van der Waals surface area contributed by atoms with Crippen LogP contribution in [-0.4, -0.2) is 29.8 Å². The van der Waals surface area contributed by atoms with Gasteiger partial charge in [0.05, 0.1) is 5.92 Å². The van der Waals surface area contributed by atoms with Gasteiger partial charge in [-0.15, -0.1) is 0 Å². The summed E-state index contributed by atoms with van der Waals surface area (Å²) in [7, 11) is 0. The van der Waals surface area contributed by atoms with E-state index in [-0.39, 0.29) is 23.8 Å². The lowest BCUT2D eigenvalue weighted by Crippen LogP contribution is -2.29. The van der Waals surface area contributed by atoms with Crippen LogP contribution >= 0.6 is 0 Å². The number of carbonyl (C=O) groups excluding carboxylic acids is 1. The van der Waals surface area contributed by atoms with Crippen LogP contribution in [0.2, 0.25) is 0 Å². The fourth-order valence-corrected chi connectivity index (χ4v) is 4.62. The van der Waals surface area contributed by atoms with Gasteiger partial charge in [0.1, 0.15) is 6.61 Å². The van der Waals surface area contributed by atoms with E-state index in [0.717, 1.165) is 12.8 Å². The molecule has 0 saturated heterocycles. The van der Waals surface area contributed by atoms with Gasteiger partial charge < -0.3 is 15.2 Å². The van der Waals surface area contributed by atoms with E-state index in [1.165, 1.54) is 22.3 Å². The molecule has 2 saturated carbocycles. The van der Waals surface area contributed by atoms with E-state index in [9.17, 15) is 9.59 Å². The van der Waals surface area contributed by atoms with Gasteiger partial charge in [-0.3, -0.25) is 4.79 Å². The number of hydrogen-bond acceptors (Lipinski definition) is 3. The van der Waals surface area contributed by atoms with Gasteiger partial charge in [-0.25, -0.2) is 4.79 Å². The molecule has 0 bridgehead atoms. The molecule has 5 rings (SSSR count). The molecule has 2 fully saturated rings. The standard InChI is InChI=1S/C22H21NO4/c24-21(25)18-9-16(18)17-10-20(17)23-22(26)27-11-19-14-7-3-1-5-12(14)13-6-2-4-8-15(13)19/h1-8,16-20H,9-11H2,(H,23,26)(H,24,25). The first-order valence-electron chi connectivity index (χ1n) is 9.48. The average Bonchev–Trinajstić information content (AvgIpc) is 3.57. The second kappa shape index (κ2) is 6.12. The highest BCUT2D eigenvalue weighted by Gasteiger charge is 2.57. The van der Waals surface area contributed by atoms with Crippen molar-refractivity contribution in [3.63, 3.8) is 0 Å². The molecular weight excluding hydrogens is 342 g/mol. The van der Waals surface area contributed by atoms with E-state index in [2.05, 4.69) is 29.6 Å². The smallest absolute Gasteiger partial charge is 0.407 e. The maximum absolute atomic E-state index is 12.2. The monoisotopic (exact) mass is 363 g/mol. The van der Waals surface area contributed by atoms with Crippen LogP contribution in [0.4, 0.5) is 4.79 Å². The molecule has 0 heterocycles. The van der Waals surface area contributed by atoms with Gasteiger partial charge in [-0.2, -0.15) is 0 Å². The Balaban J connectivity index is 1.20. The van der Waals surface area contributed by atoms with Crippen molar-refractivity contribution in [3.8, 4) is 11.1 Å². The minimum atomic E-state index is -0.716. The van der Waals surface area contributed by atoms with Gasteiger partial charge in [0, 0.05) is 12.0 Å². The number of rotatable bonds is 5. The lowest BCUT2D eigenvalue weighted by atomic mass is 9.98. The number of aliphatic carboxylic acids is 1. The van der Waals surface area contributed by atoms with E-state index in [4.69, 9.17) is 9.84 Å². The second-order valence-corrected chi connectivity index (χ2v) is 7.82. The molecule has 0 radical (unpaired) electrons. The highest BCUT2D eigenvalue weighted by Crippen LogP contribution is 2.54. The van der Waals surface area contributed by atoms with Crippen LogP contribution in [0.1, 0.15) is 29.9 Å². The predicted octanol–water partition coefficient (Wildman–Crippen LogP) is 3.63. The van der Waals surface area contributed by atoms with Crippen LogP contribution in [-0.2, 0) is 9.53 Å². The molecule has 4 unspecified atom stereocenters. The minimum absolute atomic E-state index is 0.0537. The summed E-state index contributed by atoms with van der Waals surface area (Å²) in [6, 6.07) is 16.6. The number of ether oxygens (including phenoxy) is 1. The molecule has 2 aromatic rings. The van der Waals surface area contributed by atoms with E-state index in [0.29, 0.717) is 12.5 Å². The van der Waals surface area contributed by atoms with Gasteiger partial charge in [-0.05, 0) is 46.9 Å². The van der Waals surface area contributed by atoms with Crippen molar-refractivity contribution < 1.29 is 19.4 Å². The third kappa shape index (κ3) is 2.87. The van der Waals surface area contributed by atoms with Crippen LogP contribution in [0, 0.1) is 17.8 Å². The molecule has 138 valence electrons. The number of fused-ring (bicyclic) bond motifs is 3. The first-order chi connectivity index (χ1) is 13.1. The van der Waals surface area contributed by atoms with Crippen molar-refractivity contribution in [2.24, 2.45) is 17.8 Å². The van der Waals surface area contributed by atoms with Gasteiger partial charge in [0.2, 0.25) is 0 Å². The van der Waals surface area contributed by atoms with Crippen molar-refractivity contribution >= 4 is 12.1 Å². The number of carbonyl (C=O) groups is 2. The lowest BCUT2D eigenvalue weighted by molar-refractivity contribution is -0.138. The number of alkyl carbamates (subject to hydrolysis) is 1. The maximum atomic E-state index is 12.2. The summed E-state index contributed by atoms with van der Waals surface area (Å²) < 4.78 is 5.55. The van der Waals surface area contributed by atoms with Crippen LogP contribution < -0.4 is 5.32 Å². The van der Waals surface area contributed by atoms with E-state index in [1.54, 1.807) is 0 Å². The summed E-state index contributed by atoms with van der Waals surface area (Å²) in [4.78, 5) is 23.2. The summed E-state index contributed by atoms with van der Waals surface area (Å²) in [6.45, 7) is 0.304. The van der Waals surface area contributed by atoms with Crippen LogP contribution in [0.15, 0.2) is 48.5 Å². The van der Waals surface area contributed by atoms with Gasteiger partial charge in [0.25, 0.3) is 0 Å². The lowest BCUT2D eigenvalue weighted by Gasteiger charge is -2.14. The largest absolute Gasteiger partial charge is 0.481 e. The summed E-state index contributed by atoms with van der Waals surface area (Å²) in [5.41, 5.74) is 4.80. The third-order valence-corrected chi connectivity index (χ3v) is 6.19. The maximum Gasteiger partial charge on any atom is 0.407 e. The van der Waals surface area contributed by atoms with Crippen molar-refractivity contribution in [2.45, 2.75) is 24.8 Å². The molecule has 27 heavy (non-hydrogen) atoms. The summed E-state index contributed by atoms with van der Waals surface area (Å²) in [5, 5.41) is 11.9. The fraction of sp³-hybridized carbons (Fsp3) is 0.364. The Kier molecular flexibility index (Phi) is 3.71. The number of carboxylic acid groups (broad SMARTS) is 1. The molecule has 2 aromatic carbocycles. The number of amides is 1. The molecule has 5 heteroatoms. The SMILES string of the molecule is O=C(NC1CC1C1CC1C(=O)O)OCC1c2ccccc2-c2ccccc21. The Morgan fingerprint density at radius 3 is 2.19 bits per heavy atom. The normalized spacial score (nSPS) is 27.4. The Morgan fingerprint density at radius 2 is 1.59 bits per heavy atom. The molecule has 0 aromatic heterocycles. The topological polar surface area (TPSA) is 75.6 Å². The zero-order chi connectivity index (χ0) is 18.5. The van der Waals surface area contributed by atoms with E-state index in [1.807, 2.05) is 24.3 Å². The van der Waals surface area contributed by atoms with Crippen molar-refractivity contribution in [3.05, 3.63) is 59.7 Å². The fourth-order valence-electron chi connectivity index (χ4n) is 4.62. The van der Waals surface area contributed by atoms with Gasteiger partial charge in [-0.1, -0.05) is 48.5 Å².